The van der Waals surface area contributed by atoms with Crippen LogP contribution in [0.5, 0.6) is 11.5 Å². The lowest BCUT2D eigenvalue weighted by atomic mass is 10.0. The summed E-state index contributed by atoms with van der Waals surface area (Å²) in [5.74, 6) is 2.61. The smallest absolute Gasteiger partial charge is 0.254 e. The van der Waals surface area contributed by atoms with Gasteiger partial charge in [0.05, 0.1) is 26.2 Å². The number of aryl methyl sites for hydroxylation is 1. The summed E-state index contributed by atoms with van der Waals surface area (Å²) in [5.41, 5.74) is 3.69. The van der Waals surface area contributed by atoms with Gasteiger partial charge in [-0.2, -0.15) is 0 Å². The number of methoxy groups -OCH3 is 2. The van der Waals surface area contributed by atoms with Crippen LogP contribution in [0, 0.1) is 6.92 Å². The summed E-state index contributed by atoms with van der Waals surface area (Å²) in [4.78, 5) is 22.2. The Morgan fingerprint density at radius 1 is 1.29 bits per heavy atom. The highest BCUT2D eigenvalue weighted by Gasteiger charge is 2.23. The summed E-state index contributed by atoms with van der Waals surface area (Å²) < 4.78 is 16.3. The molecule has 0 unspecified atom stereocenters. The molecule has 4 rings (SSSR count). The molecule has 28 heavy (non-hydrogen) atoms. The number of rotatable bonds is 5. The highest BCUT2D eigenvalue weighted by molar-refractivity contribution is 5.48. The molecular formula is C21H23N3O4. The molecule has 3 heterocycles. The second-order valence-electron chi connectivity index (χ2n) is 6.90. The van der Waals surface area contributed by atoms with E-state index in [1.165, 1.54) is 0 Å². The number of nitrogens with one attached hydrogen (secondary N) is 1. The number of ether oxygens (including phenoxy) is 2. The first-order valence-corrected chi connectivity index (χ1v) is 9.19. The van der Waals surface area contributed by atoms with Gasteiger partial charge in [0.2, 0.25) is 0 Å². The van der Waals surface area contributed by atoms with Gasteiger partial charge in [0.1, 0.15) is 11.5 Å². The molecule has 0 saturated heterocycles. The van der Waals surface area contributed by atoms with Crippen LogP contribution in [0.3, 0.4) is 0 Å². The summed E-state index contributed by atoms with van der Waals surface area (Å²) >= 11 is 0. The fraction of sp³-hybridized carbons (Fsp3) is 0.333. The van der Waals surface area contributed by atoms with Crippen molar-refractivity contribution in [1.29, 1.82) is 0 Å². The normalized spacial score (nSPS) is 14.0. The number of aromatic amines is 1. The molecule has 2 aromatic heterocycles. The predicted octanol–water partition coefficient (Wildman–Crippen LogP) is 2.91. The monoisotopic (exact) mass is 381 g/mol. The third-order valence-corrected chi connectivity index (χ3v) is 5.15. The average molecular weight is 381 g/mol. The topological polar surface area (TPSA) is 80.6 Å². The Labute approximate surface area is 162 Å². The molecule has 1 N–H and O–H groups in total. The Balaban J connectivity index is 1.62. The van der Waals surface area contributed by atoms with Crippen LogP contribution in [-0.2, 0) is 19.5 Å². The Hall–Kier alpha value is -3.06. The summed E-state index contributed by atoms with van der Waals surface area (Å²) in [5, 5.41) is 0. The van der Waals surface area contributed by atoms with E-state index < -0.39 is 0 Å². The number of H-pyrrole nitrogens is 1. The van der Waals surface area contributed by atoms with E-state index in [9.17, 15) is 4.79 Å². The maximum Gasteiger partial charge on any atom is 0.254 e. The Morgan fingerprint density at radius 3 is 2.86 bits per heavy atom. The molecule has 1 aromatic carbocycles. The fourth-order valence-electron chi connectivity index (χ4n) is 3.64. The standard InChI is InChI=1S/C21H23N3O4/c1-13-9-14(26-2)10-19(27-3)16(13)11-24-7-6-15-17(12-24)22-20(23-21(15)25)18-5-4-8-28-18/h4-5,8-10H,6-7,11-12H2,1-3H3,(H,22,23,25). The summed E-state index contributed by atoms with van der Waals surface area (Å²) in [7, 11) is 3.31. The molecule has 7 heteroatoms. The van der Waals surface area contributed by atoms with Gasteiger partial charge in [-0.25, -0.2) is 4.98 Å². The molecule has 0 fully saturated rings. The van der Waals surface area contributed by atoms with Crippen LogP contribution in [0.2, 0.25) is 0 Å². The van der Waals surface area contributed by atoms with Crippen molar-refractivity contribution in [2.45, 2.75) is 26.4 Å². The molecule has 0 radical (unpaired) electrons. The minimum absolute atomic E-state index is 0.0886. The first-order valence-electron chi connectivity index (χ1n) is 9.19. The zero-order chi connectivity index (χ0) is 19.7. The first-order chi connectivity index (χ1) is 13.6. The van der Waals surface area contributed by atoms with Gasteiger partial charge in [0.15, 0.2) is 11.6 Å². The van der Waals surface area contributed by atoms with Crippen molar-refractivity contribution in [2.75, 3.05) is 20.8 Å². The Kier molecular flexibility index (Phi) is 4.92. The quantitative estimate of drug-likeness (QED) is 0.732. The van der Waals surface area contributed by atoms with Crippen molar-refractivity contribution in [3.8, 4) is 23.1 Å². The number of fused-ring (bicyclic) bond motifs is 1. The molecule has 0 amide bonds. The molecule has 3 aromatic rings. The largest absolute Gasteiger partial charge is 0.497 e. The van der Waals surface area contributed by atoms with Crippen molar-refractivity contribution in [2.24, 2.45) is 0 Å². The van der Waals surface area contributed by atoms with E-state index in [1.54, 1.807) is 32.6 Å². The van der Waals surface area contributed by atoms with Gasteiger partial charge >= 0.3 is 0 Å². The van der Waals surface area contributed by atoms with Gasteiger partial charge in [-0.1, -0.05) is 0 Å². The number of hydrogen-bond acceptors (Lipinski definition) is 6. The van der Waals surface area contributed by atoms with Crippen molar-refractivity contribution in [1.82, 2.24) is 14.9 Å². The minimum Gasteiger partial charge on any atom is -0.497 e. The van der Waals surface area contributed by atoms with Crippen LogP contribution >= 0.6 is 0 Å². The van der Waals surface area contributed by atoms with E-state index >= 15 is 0 Å². The number of hydrogen-bond donors (Lipinski definition) is 1. The minimum atomic E-state index is -0.0886. The van der Waals surface area contributed by atoms with Crippen LogP contribution in [0.15, 0.2) is 39.7 Å². The average Bonchev–Trinajstić information content (AvgIpc) is 3.24. The number of nitrogens with zero attached hydrogens (tertiary/aromatic N) is 2. The van der Waals surface area contributed by atoms with E-state index in [0.29, 0.717) is 31.1 Å². The van der Waals surface area contributed by atoms with Crippen LogP contribution in [0.1, 0.15) is 22.4 Å². The van der Waals surface area contributed by atoms with Gasteiger partial charge in [0.25, 0.3) is 5.56 Å². The van der Waals surface area contributed by atoms with E-state index in [1.807, 2.05) is 12.1 Å². The number of benzene rings is 1. The van der Waals surface area contributed by atoms with Gasteiger partial charge < -0.3 is 18.9 Å². The first kappa shape index (κ1) is 18.3. The maximum absolute atomic E-state index is 12.5. The molecule has 0 saturated carbocycles. The van der Waals surface area contributed by atoms with Gasteiger partial charge in [-0.15, -0.1) is 0 Å². The second kappa shape index (κ2) is 7.52. The molecule has 0 spiro atoms. The van der Waals surface area contributed by atoms with Gasteiger partial charge in [-0.05, 0) is 37.1 Å². The van der Waals surface area contributed by atoms with E-state index in [0.717, 1.165) is 40.4 Å². The molecule has 1 aliphatic heterocycles. The highest BCUT2D eigenvalue weighted by Crippen LogP contribution is 2.30. The summed E-state index contributed by atoms with van der Waals surface area (Å²) in [6.07, 6.45) is 2.23. The molecule has 7 nitrogen and oxygen atoms in total. The lowest BCUT2D eigenvalue weighted by Crippen LogP contribution is -2.35. The molecule has 0 atom stereocenters. The van der Waals surface area contributed by atoms with Gasteiger partial charge in [0, 0.05) is 36.8 Å². The number of furan rings is 1. The molecule has 0 aliphatic carbocycles. The van der Waals surface area contributed by atoms with Crippen molar-refractivity contribution >= 4 is 0 Å². The maximum atomic E-state index is 12.5. The third-order valence-electron chi connectivity index (χ3n) is 5.15. The van der Waals surface area contributed by atoms with E-state index in [2.05, 4.69) is 21.8 Å². The summed E-state index contributed by atoms with van der Waals surface area (Å²) in [6.45, 7) is 4.15. The zero-order valence-electron chi connectivity index (χ0n) is 16.2. The lowest BCUT2D eigenvalue weighted by Gasteiger charge is -2.29. The van der Waals surface area contributed by atoms with E-state index in [4.69, 9.17) is 13.9 Å². The van der Waals surface area contributed by atoms with Crippen molar-refractivity contribution in [3.05, 3.63) is 63.3 Å². The zero-order valence-corrected chi connectivity index (χ0v) is 16.2. The third kappa shape index (κ3) is 3.41. The van der Waals surface area contributed by atoms with Crippen molar-refractivity contribution in [3.63, 3.8) is 0 Å². The highest BCUT2D eigenvalue weighted by atomic mass is 16.5. The molecule has 0 bridgehead atoms. The lowest BCUT2D eigenvalue weighted by molar-refractivity contribution is 0.236. The van der Waals surface area contributed by atoms with Crippen molar-refractivity contribution < 1.29 is 13.9 Å². The SMILES string of the molecule is COc1cc(C)c(CN2CCc3c(nc(-c4ccco4)[nH]c3=O)C2)c(OC)c1. The van der Waals surface area contributed by atoms with E-state index in [-0.39, 0.29) is 5.56 Å². The van der Waals surface area contributed by atoms with Gasteiger partial charge in [-0.3, -0.25) is 9.69 Å². The number of aromatic nitrogens is 2. The van der Waals surface area contributed by atoms with Crippen LogP contribution < -0.4 is 15.0 Å². The second-order valence-corrected chi connectivity index (χ2v) is 6.90. The molecular weight excluding hydrogens is 358 g/mol. The fourth-order valence-corrected chi connectivity index (χ4v) is 3.64. The van der Waals surface area contributed by atoms with Crippen LogP contribution in [0.25, 0.3) is 11.6 Å². The molecule has 1 aliphatic rings. The predicted molar refractivity (Wildman–Crippen MR) is 105 cm³/mol. The van der Waals surface area contributed by atoms with Crippen LogP contribution in [-0.4, -0.2) is 35.6 Å². The Morgan fingerprint density at radius 2 is 2.14 bits per heavy atom. The van der Waals surface area contributed by atoms with Crippen LogP contribution in [0.4, 0.5) is 0 Å². The Bertz CT molecular complexity index is 1040. The summed E-state index contributed by atoms with van der Waals surface area (Å²) in [6, 6.07) is 7.47. The molecule has 146 valence electrons.